The minimum atomic E-state index is -4.62. The third-order valence-corrected chi connectivity index (χ3v) is 8.66. The molecular formula is C24H22Cl2F3N5O2S. The molecule has 0 saturated heterocycles. The minimum Gasteiger partial charge on any atom is -0.365 e. The molecule has 1 aliphatic heterocycles. The number of amides is 2. The molecule has 4 N–H and O–H groups in total. The number of thiophene rings is 1. The molecule has 196 valence electrons. The van der Waals surface area contributed by atoms with E-state index in [0.29, 0.717) is 17.9 Å². The normalized spacial score (nSPS) is 21.1. The highest BCUT2D eigenvalue weighted by Crippen LogP contribution is 2.45. The van der Waals surface area contributed by atoms with Gasteiger partial charge in [0.05, 0.1) is 21.7 Å². The summed E-state index contributed by atoms with van der Waals surface area (Å²) >= 11 is 13.3. The molecule has 37 heavy (non-hydrogen) atoms. The predicted molar refractivity (Wildman–Crippen MR) is 137 cm³/mol. The fraction of sp³-hybridized carbons (Fsp3) is 0.375. The molecule has 2 aliphatic rings. The van der Waals surface area contributed by atoms with Crippen molar-refractivity contribution < 1.29 is 22.8 Å². The zero-order valence-electron chi connectivity index (χ0n) is 19.5. The lowest BCUT2D eigenvalue weighted by Crippen LogP contribution is -2.35. The Labute approximate surface area is 224 Å². The van der Waals surface area contributed by atoms with E-state index < -0.39 is 30.1 Å². The first kappa shape index (κ1) is 25.9. The third kappa shape index (κ3) is 4.92. The molecule has 0 saturated carbocycles. The molecule has 0 fully saturated rings. The Bertz CT molecular complexity index is 1400. The van der Waals surface area contributed by atoms with E-state index in [4.69, 9.17) is 28.9 Å². The summed E-state index contributed by atoms with van der Waals surface area (Å²) in [4.78, 5) is 26.3. The van der Waals surface area contributed by atoms with Gasteiger partial charge in [-0.25, -0.2) is 4.68 Å². The SMILES string of the molecule is CC1CCc2c(sc(NC(=O)c3cc4n(n3)C(C(F)(F)F)CC(c3ccc(Cl)c(Cl)c3)N4)c2C(N)=O)C1. The number of nitrogens with one attached hydrogen (secondary N) is 2. The summed E-state index contributed by atoms with van der Waals surface area (Å²) in [5.41, 5.74) is 7.00. The van der Waals surface area contributed by atoms with Crippen LogP contribution in [-0.2, 0) is 12.8 Å². The largest absolute Gasteiger partial charge is 0.410 e. The highest BCUT2D eigenvalue weighted by molar-refractivity contribution is 7.17. The van der Waals surface area contributed by atoms with E-state index in [9.17, 15) is 22.8 Å². The van der Waals surface area contributed by atoms with E-state index in [-0.39, 0.29) is 38.5 Å². The quantitative estimate of drug-likeness (QED) is 0.337. The summed E-state index contributed by atoms with van der Waals surface area (Å²) in [5.74, 6) is -0.923. The van der Waals surface area contributed by atoms with Gasteiger partial charge in [0.1, 0.15) is 10.8 Å². The number of halogens is 5. The Morgan fingerprint density at radius 1 is 1.24 bits per heavy atom. The highest BCUT2D eigenvalue weighted by atomic mass is 35.5. The minimum absolute atomic E-state index is 0.0317. The Hall–Kier alpha value is -2.76. The molecule has 2 amide bonds. The third-order valence-electron chi connectivity index (χ3n) is 6.75. The fourth-order valence-electron chi connectivity index (χ4n) is 4.90. The second kappa shape index (κ2) is 9.52. The number of carbonyl (C=O) groups is 2. The van der Waals surface area contributed by atoms with Crippen molar-refractivity contribution >= 4 is 57.2 Å². The van der Waals surface area contributed by atoms with Gasteiger partial charge in [-0.1, -0.05) is 36.2 Å². The number of fused-ring (bicyclic) bond motifs is 2. The number of hydrogen-bond donors (Lipinski definition) is 3. The van der Waals surface area contributed by atoms with Crippen molar-refractivity contribution in [1.82, 2.24) is 9.78 Å². The van der Waals surface area contributed by atoms with Crippen LogP contribution in [0.3, 0.4) is 0 Å². The molecule has 3 heterocycles. The lowest BCUT2D eigenvalue weighted by atomic mass is 9.88. The number of alkyl halides is 3. The average Bonchev–Trinajstić information content (AvgIpc) is 3.40. The number of primary amides is 1. The van der Waals surface area contributed by atoms with Crippen LogP contribution in [0.25, 0.3) is 0 Å². The molecule has 7 nitrogen and oxygen atoms in total. The second-order valence-corrected chi connectivity index (χ2v) is 11.3. The van der Waals surface area contributed by atoms with E-state index in [0.717, 1.165) is 28.0 Å². The first-order valence-electron chi connectivity index (χ1n) is 11.6. The molecule has 0 spiro atoms. The summed E-state index contributed by atoms with van der Waals surface area (Å²) in [6.45, 7) is 2.11. The van der Waals surface area contributed by atoms with Gasteiger partial charge in [-0.05, 0) is 48.4 Å². The smallest absolute Gasteiger partial charge is 0.365 e. The van der Waals surface area contributed by atoms with Crippen molar-refractivity contribution in [2.75, 3.05) is 10.6 Å². The number of aromatic nitrogens is 2. The van der Waals surface area contributed by atoms with Crippen LogP contribution < -0.4 is 16.4 Å². The molecule has 2 aromatic heterocycles. The van der Waals surface area contributed by atoms with Gasteiger partial charge in [0.15, 0.2) is 11.7 Å². The molecule has 3 aromatic rings. The van der Waals surface area contributed by atoms with Gasteiger partial charge < -0.3 is 16.4 Å². The average molecular weight is 572 g/mol. The zero-order valence-corrected chi connectivity index (χ0v) is 21.8. The standard InChI is InChI=1S/C24H22Cl2F3N5O2S/c1-10-2-4-12-17(6-10)37-23(20(12)21(30)35)32-22(36)16-9-19-31-15(11-3-5-13(25)14(26)7-11)8-18(24(27,28)29)34(19)33-16/h3,5,7,9-10,15,18,31H,2,4,6,8H2,1H3,(H2,30,35)(H,32,36). The molecule has 0 bridgehead atoms. The number of hydrogen-bond acceptors (Lipinski definition) is 5. The second-order valence-electron chi connectivity index (χ2n) is 9.40. The summed E-state index contributed by atoms with van der Waals surface area (Å²) in [5, 5.41) is 10.5. The molecule has 0 radical (unpaired) electrons. The van der Waals surface area contributed by atoms with Crippen LogP contribution in [0.15, 0.2) is 24.3 Å². The van der Waals surface area contributed by atoms with Gasteiger partial charge in [-0.15, -0.1) is 11.3 Å². The number of carbonyl (C=O) groups excluding carboxylic acids is 2. The molecule has 3 atom stereocenters. The topological polar surface area (TPSA) is 102 Å². The lowest BCUT2D eigenvalue weighted by molar-refractivity contribution is -0.173. The van der Waals surface area contributed by atoms with Gasteiger partial charge in [0, 0.05) is 17.4 Å². The van der Waals surface area contributed by atoms with Crippen molar-refractivity contribution in [2.45, 2.75) is 50.9 Å². The first-order valence-corrected chi connectivity index (χ1v) is 13.1. The molecule has 3 unspecified atom stereocenters. The van der Waals surface area contributed by atoms with E-state index >= 15 is 0 Å². The van der Waals surface area contributed by atoms with Crippen LogP contribution in [-0.4, -0.2) is 27.8 Å². The maximum Gasteiger partial charge on any atom is 0.410 e. The molecular weight excluding hydrogens is 550 g/mol. The Balaban J connectivity index is 1.46. The molecule has 5 rings (SSSR count). The van der Waals surface area contributed by atoms with Gasteiger partial charge >= 0.3 is 6.18 Å². The van der Waals surface area contributed by atoms with Gasteiger partial charge in [0.25, 0.3) is 11.8 Å². The van der Waals surface area contributed by atoms with Crippen molar-refractivity contribution in [3.63, 3.8) is 0 Å². The van der Waals surface area contributed by atoms with Gasteiger partial charge in [-0.3, -0.25) is 9.59 Å². The van der Waals surface area contributed by atoms with E-state index in [1.807, 2.05) is 0 Å². The summed E-state index contributed by atoms with van der Waals surface area (Å²) in [7, 11) is 0. The van der Waals surface area contributed by atoms with Crippen LogP contribution >= 0.6 is 34.5 Å². The maximum absolute atomic E-state index is 14.0. The number of nitrogens with zero attached hydrogens (tertiary/aromatic N) is 2. The Morgan fingerprint density at radius 2 is 2.00 bits per heavy atom. The number of benzene rings is 1. The number of nitrogens with two attached hydrogens (primary N) is 1. The Morgan fingerprint density at radius 3 is 2.68 bits per heavy atom. The van der Waals surface area contributed by atoms with Gasteiger partial charge in [-0.2, -0.15) is 18.3 Å². The van der Waals surface area contributed by atoms with Crippen molar-refractivity contribution in [1.29, 1.82) is 0 Å². The Kier molecular flexibility index (Phi) is 6.66. The van der Waals surface area contributed by atoms with Crippen LogP contribution in [0, 0.1) is 5.92 Å². The van der Waals surface area contributed by atoms with Crippen LogP contribution in [0.1, 0.15) is 68.7 Å². The zero-order chi connectivity index (χ0) is 26.6. The van der Waals surface area contributed by atoms with Crippen LogP contribution in [0.2, 0.25) is 10.0 Å². The van der Waals surface area contributed by atoms with Crippen molar-refractivity contribution in [2.24, 2.45) is 11.7 Å². The summed E-state index contributed by atoms with van der Waals surface area (Å²) in [6, 6.07) is 3.18. The predicted octanol–water partition coefficient (Wildman–Crippen LogP) is 6.39. The lowest BCUT2D eigenvalue weighted by Gasteiger charge is -2.33. The van der Waals surface area contributed by atoms with Crippen LogP contribution in [0.4, 0.5) is 24.0 Å². The first-order chi connectivity index (χ1) is 17.4. The van der Waals surface area contributed by atoms with E-state index in [2.05, 4.69) is 22.7 Å². The summed E-state index contributed by atoms with van der Waals surface area (Å²) in [6.07, 6.45) is -2.64. The number of rotatable bonds is 4. The van der Waals surface area contributed by atoms with E-state index in [1.54, 1.807) is 6.07 Å². The van der Waals surface area contributed by atoms with Gasteiger partial charge in [0.2, 0.25) is 0 Å². The molecule has 1 aromatic carbocycles. The molecule has 13 heteroatoms. The van der Waals surface area contributed by atoms with Crippen LogP contribution in [0.5, 0.6) is 0 Å². The maximum atomic E-state index is 14.0. The van der Waals surface area contributed by atoms with E-state index in [1.165, 1.54) is 29.5 Å². The molecule has 1 aliphatic carbocycles. The van der Waals surface area contributed by atoms with Crippen molar-refractivity contribution in [3.05, 3.63) is 61.6 Å². The number of anilines is 2. The summed E-state index contributed by atoms with van der Waals surface area (Å²) < 4.78 is 42.9. The fourth-order valence-corrected chi connectivity index (χ4v) is 6.62. The monoisotopic (exact) mass is 571 g/mol. The van der Waals surface area contributed by atoms with Crippen molar-refractivity contribution in [3.8, 4) is 0 Å². The highest BCUT2D eigenvalue weighted by Gasteiger charge is 2.47.